The summed E-state index contributed by atoms with van der Waals surface area (Å²) >= 11 is 2.48. The maximum Gasteiger partial charge on any atom is 0.0601 e. The molecule has 0 unspecified atom stereocenters. The smallest absolute Gasteiger partial charge is 0.0601 e. The quantitative estimate of drug-likeness (QED) is 0.132. The van der Waals surface area contributed by atoms with Crippen molar-refractivity contribution in [1.29, 1.82) is 0 Å². The minimum atomic E-state index is 1.12. The lowest BCUT2D eigenvalue weighted by Crippen LogP contribution is -1.94. The molecule has 8 rings (SSSR count). The van der Waals surface area contributed by atoms with Crippen LogP contribution in [0.4, 0.5) is 0 Å². The molecule has 0 amide bonds. The first-order valence-electron chi connectivity index (χ1n) is 15.5. The van der Waals surface area contributed by atoms with Crippen LogP contribution in [0.3, 0.4) is 0 Å². The molecule has 0 aliphatic carbocycles. The summed E-state index contributed by atoms with van der Waals surface area (Å²) in [6, 6.07) is 46.3. The van der Waals surface area contributed by atoms with Gasteiger partial charge in [0.05, 0.1) is 22.1 Å². The van der Waals surface area contributed by atoms with Crippen LogP contribution in [-0.4, -0.2) is 9.55 Å². The van der Waals surface area contributed by atoms with Gasteiger partial charge in [-0.1, -0.05) is 110 Å². The van der Waals surface area contributed by atoms with Gasteiger partial charge in [-0.3, -0.25) is 0 Å². The number of allylic oxidation sites excluding steroid dienone is 5. The molecular weight excluding hydrogens is 671 g/mol. The molecule has 0 saturated carbocycles. The van der Waals surface area contributed by atoms with Crippen molar-refractivity contribution >= 4 is 71.9 Å². The predicted octanol–water partition coefficient (Wildman–Crippen LogP) is 12.6. The van der Waals surface area contributed by atoms with E-state index in [1.807, 2.05) is 12.2 Å². The number of para-hydroxylation sites is 1. The van der Waals surface area contributed by atoms with Crippen molar-refractivity contribution in [3.63, 3.8) is 0 Å². The fourth-order valence-corrected chi connectivity index (χ4v) is 7.53. The molecule has 0 spiro atoms. The third kappa shape index (κ3) is 4.70. The van der Waals surface area contributed by atoms with E-state index in [1.54, 1.807) is 0 Å². The summed E-state index contributed by atoms with van der Waals surface area (Å²) in [7, 11) is 0. The fraction of sp³-hybridized carbons (Fsp3) is 0.0233. The molecule has 3 heteroatoms. The molecular formula is C43H31IN2. The number of nitrogens with zero attached hydrogens (tertiary/aromatic N) is 1. The topological polar surface area (TPSA) is 20.7 Å². The van der Waals surface area contributed by atoms with Gasteiger partial charge >= 0.3 is 0 Å². The van der Waals surface area contributed by atoms with Crippen molar-refractivity contribution in [3.8, 4) is 33.4 Å². The van der Waals surface area contributed by atoms with Crippen LogP contribution < -0.4 is 0 Å². The minimum absolute atomic E-state index is 1.12. The molecule has 8 aromatic rings. The second-order valence-corrected chi connectivity index (χ2v) is 12.7. The van der Waals surface area contributed by atoms with Crippen molar-refractivity contribution < 1.29 is 0 Å². The molecule has 220 valence electrons. The van der Waals surface area contributed by atoms with E-state index in [-0.39, 0.29) is 0 Å². The van der Waals surface area contributed by atoms with Gasteiger partial charge in [-0.2, -0.15) is 0 Å². The molecule has 2 heterocycles. The van der Waals surface area contributed by atoms with Gasteiger partial charge < -0.3 is 9.55 Å². The lowest BCUT2D eigenvalue weighted by Gasteiger charge is -2.11. The van der Waals surface area contributed by atoms with Gasteiger partial charge in [0.15, 0.2) is 0 Å². The molecule has 0 radical (unpaired) electrons. The molecule has 2 aromatic heterocycles. The molecule has 0 bridgehead atoms. The van der Waals surface area contributed by atoms with E-state index in [0.717, 1.165) is 11.2 Å². The van der Waals surface area contributed by atoms with E-state index < -0.39 is 0 Å². The molecule has 2 nitrogen and oxygen atoms in total. The van der Waals surface area contributed by atoms with Gasteiger partial charge in [0, 0.05) is 36.4 Å². The van der Waals surface area contributed by atoms with Gasteiger partial charge in [-0.25, -0.2) is 0 Å². The normalized spacial score (nSPS) is 12.3. The largest absolute Gasteiger partial charge is 0.353 e. The van der Waals surface area contributed by atoms with E-state index in [1.165, 1.54) is 75.0 Å². The fourth-order valence-electron chi connectivity index (χ4n) is 6.77. The summed E-state index contributed by atoms with van der Waals surface area (Å²) in [5, 5.41) is 4.94. The number of aromatic amines is 1. The van der Waals surface area contributed by atoms with Gasteiger partial charge in [-0.05, 0) is 106 Å². The molecule has 0 saturated heterocycles. The molecule has 0 atom stereocenters. The predicted molar refractivity (Wildman–Crippen MR) is 207 cm³/mol. The SMILES string of the molecule is C=C/C=C\C(=C/C)n1c2ccccc2c2cc(-c3cc(-c4ccccc4)cc4c3[nH]c3c(I)cc(-c5ccccc5)cc34)ccc21. The van der Waals surface area contributed by atoms with E-state index in [2.05, 4.69) is 185 Å². The highest BCUT2D eigenvalue weighted by molar-refractivity contribution is 14.1. The number of rotatable bonds is 6. The average molecular weight is 703 g/mol. The summed E-state index contributed by atoms with van der Waals surface area (Å²) in [5.41, 5.74) is 13.1. The van der Waals surface area contributed by atoms with E-state index in [9.17, 15) is 0 Å². The standard InChI is InChI=1S/C43H31IN2/c1-3-5-18-33(4-2)46-40-20-13-12-19-34(40)36-23-30(21-22-41(36)46)35-24-31(28-14-8-6-9-15-28)25-37-38-26-32(29-16-10-7-11-17-29)27-39(44)43(38)45-42(35)37/h3-27,45H,1H2,2H3/b18-5-,33-4+. The van der Waals surface area contributed by atoms with Crippen molar-refractivity contribution in [1.82, 2.24) is 9.55 Å². The van der Waals surface area contributed by atoms with Crippen molar-refractivity contribution in [2.24, 2.45) is 0 Å². The Balaban J connectivity index is 1.42. The first-order chi connectivity index (χ1) is 22.6. The highest BCUT2D eigenvalue weighted by Gasteiger charge is 2.18. The third-order valence-electron chi connectivity index (χ3n) is 8.92. The van der Waals surface area contributed by atoms with Crippen LogP contribution >= 0.6 is 22.6 Å². The molecule has 0 aliphatic heterocycles. The van der Waals surface area contributed by atoms with Crippen molar-refractivity contribution in [2.75, 3.05) is 0 Å². The average Bonchev–Trinajstić information content (AvgIpc) is 3.65. The van der Waals surface area contributed by atoms with Crippen LogP contribution in [-0.2, 0) is 0 Å². The number of fused-ring (bicyclic) bond motifs is 6. The van der Waals surface area contributed by atoms with Gasteiger partial charge in [0.1, 0.15) is 0 Å². The molecule has 0 fully saturated rings. The zero-order valence-electron chi connectivity index (χ0n) is 25.5. The van der Waals surface area contributed by atoms with Crippen LogP contribution in [0.25, 0.3) is 82.7 Å². The number of hydrogen-bond acceptors (Lipinski definition) is 0. The Morgan fingerprint density at radius 3 is 1.91 bits per heavy atom. The highest BCUT2D eigenvalue weighted by atomic mass is 127. The van der Waals surface area contributed by atoms with Gasteiger partial charge in [-0.15, -0.1) is 0 Å². The second-order valence-electron chi connectivity index (χ2n) is 11.6. The highest BCUT2D eigenvalue weighted by Crippen LogP contribution is 2.42. The Morgan fingerprint density at radius 1 is 0.609 bits per heavy atom. The Hall–Kier alpha value is -5.13. The summed E-state index contributed by atoms with van der Waals surface area (Å²) < 4.78 is 3.56. The minimum Gasteiger partial charge on any atom is -0.353 e. The van der Waals surface area contributed by atoms with E-state index in [0.29, 0.717) is 0 Å². The molecule has 0 aliphatic rings. The number of H-pyrrole nitrogens is 1. The Morgan fingerprint density at radius 2 is 1.22 bits per heavy atom. The van der Waals surface area contributed by atoms with E-state index in [4.69, 9.17) is 0 Å². The van der Waals surface area contributed by atoms with E-state index >= 15 is 0 Å². The zero-order valence-corrected chi connectivity index (χ0v) is 27.6. The molecule has 46 heavy (non-hydrogen) atoms. The van der Waals surface area contributed by atoms with Crippen molar-refractivity contribution in [2.45, 2.75) is 6.92 Å². The van der Waals surface area contributed by atoms with Crippen LogP contribution in [0.1, 0.15) is 6.92 Å². The number of hydrogen-bond donors (Lipinski definition) is 1. The maximum absolute atomic E-state index is 3.89. The van der Waals surface area contributed by atoms with Crippen LogP contribution in [0.5, 0.6) is 0 Å². The lowest BCUT2D eigenvalue weighted by molar-refractivity contribution is 1.23. The molecule has 6 aromatic carbocycles. The summed E-state index contributed by atoms with van der Waals surface area (Å²) in [6.07, 6.45) is 8.10. The third-order valence-corrected chi connectivity index (χ3v) is 9.77. The van der Waals surface area contributed by atoms with Gasteiger partial charge in [0.25, 0.3) is 0 Å². The first-order valence-corrected chi connectivity index (χ1v) is 16.6. The Kier molecular flexibility index (Phi) is 7.19. The summed E-state index contributed by atoms with van der Waals surface area (Å²) in [6.45, 7) is 5.97. The maximum atomic E-state index is 3.89. The first kappa shape index (κ1) is 28.4. The number of halogens is 1. The number of aromatic nitrogens is 2. The second kappa shape index (κ2) is 11.7. The summed E-state index contributed by atoms with van der Waals surface area (Å²) in [5.74, 6) is 0. The van der Waals surface area contributed by atoms with Gasteiger partial charge in [0.2, 0.25) is 0 Å². The summed E-state index contributed by atoms with van der Waals surface area (Å²) in [4.78, 5) is 3.87. The number of nitrogens with one attached hydrogen (secondary N) is 1. The lowest BCUT2D eigenvalue weighted by atomic mass is 9.94. The Bertz CT molecular complexity index is 2490. The Labute approximate surface area is 282 Å². The van der Waals surface area contributed by atoms with Crippen LogP contribution in [0, 0.1) is 3.57 Å². The van der Waals surface area contributed by atoms with Crippen molar-refractivity contribution in [3.05, 3.63) is 162 Å². The number of benzene rings is 6. The van der Waals surface area contributed by atoms with Crippen LogP contribution in [0.15, 0.2) is 158 Å². The molecule has 1 N–H and O–H groups in total. The monoisotopic (exact) mass is 702 g/mol. The zero-order chi connectivity index (χ0) is 31.2. The van der Waals surface area contributed by atoms with Crippen LogP contribution in [0.2, 0.25) is 0 Å².